The van der Waals surface area contributed by atoms with E-state index in [-0.39, 0.29) is 0 Å². The van der Waals surface area contributed by atoms with E-state index in [1.54, 1.807) is 6.42 Å². The lowest BCUT2D eigenvalue weighted by molar-refractivity contribution is 0.182. The smallest absolute Gasteiger partial charge is 0.0124 e. The third-order valence-electron chi connectivity index (χ3n) is 4.61. The van der Waals surface area contributed by atoms with Crippen LogP contribution >= 0.6 is 0 Å². The van der Waals surface area contributed by atoms with Gasteiger partial charge in [0, 0.05) is 6.04 Å². The summed E-state index contributed by atoms with van der Waals surface area (Å²) in [4.78, 5) is 2.80. The van der Waals surface area contributed by atoms with Gasteiger partial charge in [0.2, 0.25) is 0 Å². The van der Waals surface area contributed by atoms with Crippen LogP contribution in [0.4, 0.5) is 0 Å². The summed E-state index contributed by atoms with van der Waals surface area (Å²) in [7, 11) is 0. The Kier molecular flexibility index (Phi) is 2.08. The van der Waals surface area contributed by atoms with E-state index in [2.05, 4.69) is 4.90 Å². The zero-order valence-corrected chi connectivity index (χ0v) is 8.54. The van der Waals surface area contributed by atoms with Crippen molar-refractivity contribution in [1.29, 1.82) is 0 Å². The number of hydrogen-bond acceptors (Lipinski definition) is 1. The topological polar surface area (TPSA) is 3.24 Å². The Morgan fingerprint density at radius 2 is 1.85 bits per heavy atom. The highest BCUT2D eigenvalue weighted by atomic mass is 15.2. The van der Waals surface area contributed by atoms with E-state index in [1.807, 2.05) is 0 Å². The van der Waals surface area contributed by atoms with Gasteiger partial charge in [-0.3, -0.25) is 0 Å². The summed E-state index contributed by atoms with van der Waals surface area (Å²) in [6, 6.07) is 1.00. The second kappa shape index (κ2) is 3.27. The van der Waals surface area contributed by atoms with E-state index < -0.39 is 0 Å². The number of hydrogen-bond donors (Lipinski definition) is 0. The predicted octanol–water partition coefficient (Wildman–Crippen LogP) is 2.66. The Hall–Kier alpha value is -0.0400. The maximum atomic E-state index is 2.80. The SMILES string of the molecule is C1CC2CCN3CCCC3C(C1)C2. The molecule has 0 amide bonds. The van der Waals surface area contributed by atoms with Crippen LogP contribution in [-0.2, 0) is 0 Å². The van der Waals surface area contributed by atoms with Crippen molar-refractivity contribution in [3.63, 3.8) is 0 Å². The average Bonchev–Trinajstić information content (AvgIpc) is 2.59. The molecule has 0 aromatic heterocycles. The van der Waals surface area contributed by atoms with E-state index in [4.69, 9.17) is 0 Å². The van der Waals surface area contributed by atoms with Gasteiger partial charge in [0.15, 0.2) is 0 Å². The van der Waals surface area contributed by atoms with Gasteiger partial charge in [-0.15, -0.1) is 0 Å². The second-order valence-corrected chi connectivity index (χ2v) is 5.33. The van der Waals surface area contributed by atoms with Crippen LogP contribution in [0.1, 0.15) is 44.9 Å². The molecule has 74 valence electrons. The molecular weight excluding hydrogens is 158 g/mol. The third kappa shape index (κ3) is 1.41. The molecule has 0 N–H and O–H groups in total. The molecule has 2 heterocycles. The molecule has 0 spiro atoms. The van der Waals surface area contributed by atoms with Crippen LogP contribution < -0.4 is 0 Å². The summed E-state index contributed by atoms with van der Waals surface area (Å²) < 4.78 is 0. The number of nitrogens with zero attached hydrogens (tertiary/aromatic N) is 1. The monoisotopic (exact) mass is 179 g/mol. The van der Waals surface area contributed by atoms with Crippen LogP contribution in [0.15, 0.2) is 0 Å². The standard InChI is InChI=1S/C12H21N/c1-3-10-6-8-13-7-2-5-12(13)11(4-1)9-10/h10-12H,1-9H2. The van der Waals surface area contributed by atoms with Crippen LogP contribution in [0.25, 0.3) is 0 Å². The second-order valence-electron chi connectivity index (χ2n) is 5.33. The zero-order chi connectivity index (χ0) is 8.67. The molecule has 3 aliphatic rings. The van der Waals surface area contributed by atoms with E-state index >= 15 is 0 Å². The molecule has 2 aliphatic heterocycles. The van der Waals surface area contributed by atoms with Crippen LogP contribution in [-0.4, -0.2) is 24.0 Å². The van der Waals surface area contributed by atoms with E-state index in [9.17, 15) is 0 Å². The lowest BCUT2D eigenvalue weighted by Gasteiger charge is -2.31. The largest absolute Gasteiger partial charge is 0.300 e. The van der Waals surface area contributed by atoms with Crippen LogP contribution in [0.5, 0.6) is 0 Å². The van der Waals surface area contributed by atoms with E-state index in [0.717, 1.165) is 17.9 Å². The van der Waals surface area contributed by atoms with Gasteiger partial charge >= 0.3 is 0 Å². The normalized spacial score (nSPS) is 45.7. The van der Waals surface area contributed by atoms with Gasteiger partial charge in [0.25, 0.3) is 0 Å². The molecule has 3 fully saturated rings. The fraction of sp³-hybridized carbons (Fsp3) is 1.00. The van der Waals surface area contributed by atoms with Gasteiger partial charge in [-0.05, 0) is 57.0 Å². The number of rotatable bonds is 0. The Balaban J connectivity index is 1.80. The van der Waals surface area contributed by atoms with Crippen molar-refractivity contribution >= 4 is 0 Å². The first-order valence-electron chi connectivity index (χ1n) is 6.17. The van der Waals surface area contributed by atoms with Crippen molar-refractivity contribution in [2.24, 2.45) is 11.8 Å². The molecule has 2 bridgehead atoms. The molecule has 2 saturated heterocycles. The maximum absolute atomic E-state index is 2.80. The summed E-state index contributed by atoms with van der Waals surface area (Å²) in [5.74, 6) is 2.19. The van der Waals surface area contributed by atoms with Gasteiger partial charge in [0.05, 0.1) is 0 Å². The zero-order valence-electron chi connectivity index (χ0n) is 8.54. The Labute approximate surface area is 81.5 Å². The van der Waals surface area contributed by atoms with Gasteiger partial charge < -0.3 is 4.90 Å². The lowest BCUT2D eigenvalue weighted by Crippen LogP contribution is -2.34. The van der Waals surface area contributed by atoms with Crippen molar-refractivity contribution in [2.45, 2.75) is 51.0 Å². The molecule has 0 aromatic carbocycles. The molecule has 3 unspecified atom stereocenters. The van der Waals surface area contributed by atoms with Gasteiger partial charge in [-0.25, -0.2) is 0 Å². The Morgan fingerprint density at radius 3 is 2.85 bits per heavy atom. The summed E-state index contributed by atoms with van der Waals surface area (Å²) in [5.41, 5.74) is 0. The predicted molar refractivity (Wildman–Crippen MR) is 54.7 cm³/mol. The van der Waals surface area contributed by atoms with Crippen molar-refractivity contribution in [2.75, 3.05) is 13.1 Å². The van der Waals surface area contributed by atoms with Gasteiger partial charge in [-0.1, -0.05) is 12.8 Å². The fourth-order valence-electron chi connectivity index (χ4n) is 3.96. The first-order chi connectivity index (χ1) is 6.43. The molecule has 1 saturated carbocycles. The summed E-state index contributed by atoms with van der Waals surface area (Å²) in [6.07, 6.45) is 10.7. The quantitative estimate of drug-likeness (QED) is 0.552. The minimum atomic E-state index is 1.00. The van der Waals surface area contributed by atoms with E-state index in [1.165, 1.54) is 51.6 Å². The van der Waals surface area contributed by atoms with Gasteiger partial charge in [0.1, 0.15) is 0 Å². The molecule has 13 heavy (non-hydrogen) atoms. The summed E-state index contributed by atoms with van der Waals surface area (Å²) in [6.45, 7) is 2.83. The first-order valence-corrected chi connectivity index (χ1v) is 6.17. The van der Waals surface area contributed by atoms with Crippen molar-refractivity contribution in [1.82, 2.24) is 4.90 Å². The molecule has 3 rings (SSSR count). The minimum absolute atomic E-state index is 1.00. The molecule has 0 radical (unpaired) electrons. The Morgan fingerprint density at radius 1 is 0.846 bits per heavy atom. The van der Waals surface area contributed by atoms with Crippen LogP contribution in [0, 0.1) is 11.8 Å². The molecule has 1 nitrogen and oxygen atoms in total. The minimum Gasteiger partial charge on any atom is -0.300 e. The molecular formula is C12H21N. The molecule has 1 heteroatoms. The molecule has 0 aromatic rings. The number of fused-ring (bicyclic) bond motifs is 4. The highest BCUT2D eigenvalue weighted by molar-refractivity contribution is 4.91. The first kappa shape index (κ1) is 8.28. The third-order valence-corrected chi connectivity index (χ3v) is 4.61. The Bertz CT molecular complexity index is 190. The van der Waals surface area contributed by atoms with Crippen LogP contribution in [0.3, 0.4) is 0 Å². The average molecular weight is 179 g/mol. The molecule has 3 atom stereocenters. The van der Waals surface area contributed by atoms with Crippen LogP contribution in [0.2, 0.25) is 0 Å². The van der Waals surface area contributed by atoms with Crippen molar-refractivity contribution in [3.05, 3.63) is 0 Å². The fourth-order valence-corrected chi connectivity index (χ4v) is 3.96. The lowest BCUT2D eigenvalue weighted by atomic mass is 9.77. The summed E-state index contributed by atoms with van der Waals surface area (Å²) in [5, 5.41) is 0. The summed E-state index contributed by atoms with van der Waals surface area (Å²) >= 11 is 0. The van der Waals surface area contributed by atoms with Crippen molar-refractivity contribution in [3.8, 4) is 0 Å². The van der Waals surface area contributed by atoms with Crippen molar-refractivity contribution < 1.29 is 0 Å². The molecule has 1 aliphatic carbocycles. The maximum Gasteiger partial charge on any atom is 0.0124 e. The van der Waals surface area contributed by atoms with Gasteiger partial charge in [-0.2, -0.15) is 0 Å². The highest BCUT2D eigenvalue weighted by Gasteiger charge is 2.37. The van der Waals surface area contributed by atoms with E-state index in [0.29, 0.717) is 0 Å². The highest BCUT2D eigenvalue weighted by Crippen LogP contribution is 2.41.